The van der Waals surface area contributed by atoms with Crippen molar-refractivity contribution >= 4 is 56.6 Å². The number of rotatable bonds is 12. The van der Waals surface area contributed by atoms with Gasteiger partial charge in [-0.1, -0.05) is 78.2 Å². The Labute approximate surface area is 272 Å². The summed E-state index contributed by atoms with van der Waals surface area (Å²) in [6.07, 6.45) is 3.69. The molecule has 5 rings (SSSR count). The minimum absolute atomic E-state index is 0.120. The monoisotopic (exact) mass is 683 g/mol. The van der Waals surface area contributed by atoms with E-state index in [0.717, 1.165) is 0 Å². The van der Waals surface area contributed by atoms with Crippen LogP contribution in [0.2, 0.25) is 5.02 Å². The summed E-state index contributed by atoms with van der Waals surface area (Å²) < 4.78 is 6.76. The maximum absolute atomic E-state index is 14.8. The molecule has 8 atom stereocenters. The van der Waals surface area contributed by atoms with Crippen molar-refractivity contribution in [1.82, 2.24) is 4.90 Å². The number of hydrogen-bond acceptors (Lipinski definition) is 5. The number of aliphatic hydroxyl groups is 1. The van der Waals surface area contributed by atoms with Crippen LogP contribution in [-0.2, 0) is 19.1 Å². The Morgan fingerprint density at radius 2 is 1.68 bits per heavy atom. The number of para-hydroxylation sites is 1. The Kier molecular flexibility index (Phi) is 9.70. The zero-order valence-electron chi connectivity index (χ0n) is 25.0. The number of alkyl halides is 1. The molecule has 3 aliphatic rings. The normalized spacial score (nSPS) is 28.3. The van der Waals surface area contributed by atoms with E-state index in [2.05, 4.69) is 29.1 Å². The average Bonchev–Trinajstić information content (AvgIpc) is 3.62. The number of anilines is 2. The number of nitrogens with zero attached hydrogens (tertiary/aromatic N) is 3. The van der Waals surface area contributed by atoms with E-state index in [9.17, 15) is 19.5 Å². The fourth-order valence-electron chi connectivity index (χ4n) is 7.26. The number of benzene rings is 2. The summed E-state index contributed by atoms with van der Waals surface area (Å²) in [5.74, 6) is -2.84. The number of ether oxygens (including phenoxy) is 1. The molecule has 8 nitrogen and oxygen atoms in total. The van der Waals surface area contributed by atoms with Crippen LogP contribution in [0.25, 0.3) is 0 Å². The first-order chi connectivity index (χ1) is 21.1. The van der Waals surface area contributed by atoms with Crippen molar-refractivity contribution in [1.29, 1.82) is 0 Å². The molecule has 1 spiro atoms. The minimum atomic E-state index is -1.28. The molecule has 3 unspecified atom stereocenters. The van der Waals surface area contributed by atoms with Gasteiger partial charge in [-0.2, -0.15) is 0 Å². The van der Waals surface area contributed by atoms with Gasteiger partial charge in [0, 0.05) is 34.3 Å². The number of halogens is 2. The van der Waals surface area contributed by atoms with E-state index in [-0.39, 0.29) is 48.2 Å². The smallest absolute Gasteiger partial charge is 0.253 e. The summed E-state index contributed by atoms with van der Waals surface area (Å²) in [4.78, 5) is 48.5. The van der Waals surface area contributed by atoms with Crippen LogP contribution in [-0.4, -0.2) is 76.0 Å². The molecular formula is C34H39BrClN3O5. The number of amides is 3. The van der Waals surface area contributed by atoms with Gasteiger partial charge in [0.05, 0.1) is 30.6 Å². The first-order valence-corrected chi connectivity index (χ1v) is 16.3. The van der Waals surface area contributed by atoms with Gasteiger partial charge in [-0.15, -0.1) is 13.2 Å². The minimum Gasteiger partial charge on any atom is -0.394 e. The van der Waals surface area contributed by atoms with Gasteiger partial charge in [0.1, 0.15) is 11.6 Å². The number of hydrogen-bond donors (Lipinski definition) is 1. The molecule has 0 aromatic heterocycles. The van der Waals surface area contributed by atoms with Crippen LogP contribution >= 0.6 is 27.5 Å². The number of likely N-dealkylation sites (tertiary alicyclic amines) is 1. The highest BCUT2D eigenvalue weighted by atomic mass is 79.9. The highest BCUT2D eigenvalue weighted by Gasteiger charge is 2.77. The van der Waals surface area contributed by atoms with E-state index in [0.29, 0.717) is 29.2 Å². The van der Waals surface area contributed by atoms with Gasteiger partial charge >= 0.3 is 0 Å². The molecular weight excluding hydrogens is 646 g/mol. The van der Waals surface area contributed by atoms with Crippen LogP contribution < -0.4 is 9.80 Å². The van der Waals surface area contributed by atoms with Crippen LogP contribution in [0.1, 0.15) is 26.7 Å². The van der Waals surface area contributed by atoms with Crippen molar-refractivity contribution in [2.75, 3.05) is 29.5 Å². The number of carbonyl (C=O) groups excluding carboxylic acids is 3. The first-order valence-electron chi connectivity index (χ1n) is 15.0. The standard InChI is InChI=1S/C34H39BrClN3O5/c1-5-17-37(23-11-9-8-10-12-23)31(41)27-28-32(42)39(26(20-40)21(4)7-3)30(34(28)19-25(35)29(27)44-34)33(43)38(18-6-2)24-15-13-22(36)14-16-24/h5-6,8-16,21,25-30,40H,1-2,7,17-20H2,3-4H3/t21-,25?,26-,27+,28-,29+,30?,34?/m0/s1. The Morgan fingerprint density at radius 1 is 1.09 bits per heavy atom. The molecule has 1 N–H and O–H groups in total. The second-order valence-electron chi connectivity index (χ2n) is 11.8. The molecule has 3 amide bonds. The lowest BCUT2D eigenvalue weighted by molar-refractivity contribution is -0.145. The molecule has 234 valence electrons. The van der Waals surface area contributed by atoms with Crippen LogP contribution in [0.5, 0.6) is 0 Å². The third-order valence-electron chi connectivity index (χ3n) is 9.45. The predicted molar refractivity (Wildman–Crippen MR) is 176 cm³/mol. The maximum atomic E-state index is 14.8. The Balaban J connectivity index is 1.64. The van der Waals surface area contributed by atoms with E-state index >= 15 is 0 Å². The summed E-state index contributed by atoms with van der Waals surface area (Å²) in [5.41, 5.74) is -0.00760. The molecule has 3 heterocycles. The van der Waals surface area contributed by atoms with Crippen molar-refractivity contribution in [2.24, 2.45) is 17.8 Å². The summed E-state index contributed by atoms with van der Waals surface area (Å²) in [6, 6.07) is 14.4. The van der Waals surface area contributed by atoms with Crippen molar-refractivity contribution < 1.29 is 24.2 Å². The summed E-state index contributed by atoms with van der Waals surface area (Å²) in [7, 11) is 0. The number of carbonyl (C=O) groups is 3. The van der Waals surface area contributed by atoms with Crippen molar-refractivity contribution in [2.45, 2.75) is 55.3 Å². The van der Waals surface area contributed by atoms with Crippen LogP contribution in [0.4, 0.5) is 11.4 Å². The van der Waals surface area contributed by atoms with Gasteiger partial charge in [0.15, 0.2) is 0 Å². The third-order valence-corrected chi connectivity index (χ3v) is 10.5. The Hall–Kier alpha value is -2.98. The zero-order chi connectivity index (χ0) is 31.8. The fourth-order valence-corrected chi connectivity index (χ4v) is 8.33. The topological polar surface area (TPSA) is 90.4 Å². The molecule has 10 heteroatoms. The highest BCUT2D eigenvalue weighted by Crippen LogP contribution is 2.61. The molecule has 44 heavy (non-hydrogen) atoms. The summed E-state index contributed by atoms with van der Waals surface area (Å²) in [6.45, 7) is 11.8. The van der Waals surface area contributed by atoms with E-state index in [1.165, 1.54) is 4.90 Å². The number of fused-ring (bicyclic) bond motifs is 1. The molecule has 0 radical (unpaired) electrons. The van der Waals surface area contributed by atoms with E-state index in [4.69, 9.17) is 16.3 Å². The van der Waals surface area contributed by atoms with Gasteiger partial charge < -0.3 is 24.5 Å². The van der Waals surface area contributed by atoms with Gasteiger partial charge in [-0.25, -0.2) is 0 Å². The molecule has 3 fully saturated rings. The molecule has 3 saturated heterocycles. The molecule has 0 saturated carbocycles. The molecule has 2 bridgehead atoms. The number of aliphatic hydroxyl groups excluding tert-OH is 1. The summed E-state index contributed by atoms with van der Waals surface area (Å²) in [5, 5.41) is 11.2. The molecule has 2 aromatic carbocycles. The van der Waals surface area contributed by atoms with Gasteiger partial charge in [-0.3, -0.25) is 14.4 Å². The van der Waals surface area contributed by atoms with Gasteiger partial charge in [0.2, 0.25) is 11.8 Å². The van der Waals surface area contributed by atoms with Crippen LogP contribution in [0.3, 0.4) is 0 Å². The van der Waals surface area contributed by atoms with E-state index in [1.54, 1.807) is 46.2 Å². The fraction of sp³-hybridized carbons (Fsp3) is 0.441. The van der Waals surface area contributed by atoms with Crippen LogP contribution in [0, 0.1) is 17.8 Å². The van der Waals surface area contributed by atoms with Crippen LogP contribution in [0.15, 0.2) is 79.9 Å². The Morgan fingerprint density at radius 3 is 2.25 bits per heavy atom. The lowest BCUT2D eigenvalue weighted by Crippen LogP contribution is -2.60. The second-order valence-corrected chi connectivity index (χ2v) is 13.4. The quantitative estimate of drug-likeness (QED) is 0.244. The van der Waals surface area contributed by atoms with Crippen molar-refractivity contribution in [3.8, 4) is 0 Å². The second kappa shape index (κ2) is 13.2. The van der Waals surface area contributed by atoms with Gasteiger partial charge in [-0.05, 0) is 48.7 Å². The molecule has 0 aliphatic carbocycles. The summed E-state index contributed by atoms with van der Waals surface area (Å²) >= 11 is 9.92. The Bertz CT molecular complexity index is 1410. The van der Waals surface area contributed by atoms with Crippen molar-refractivity contribution in [3.63, 3.8) is 0 Å². The maximum Gasteiger partial charge on any atom is 0.253 e. The average molecular weight is 685 g/mol. The molecule has 3 aliphatic heterocycles. The predicted octanol–water partition coefficient (Wildman–Crippen LogP) is 5.23. The zero-order valence-corrected chi connectivity index (χ0v) is 27.4. The highest BCUT2D eigenvalue weighted by molar-refractivity contribution is 9.09. The largest absolute Gasteiger partial charge is 0.394 e. The third kappa shape index (κ3) is 5.31. The van der Waals surface area contributed by atoms with Gasteiger partial charge in [0.25, 0.3) is 5.91 Å². The first kappa shape index (κ1) is 32.4. The lowest BCUT2D eigenvalue weighted by atomic mass is 9.70. The van der Waals surface area contributed by atoms with E-state index in [1.807, 2.05) is 44.2 Å². The van der Waals surface area contributed by atoms with Crippen molar-refractivity contribution in [3.05, 3.63) is 84.9 Å². The molecule has 2 aromatic rings. The van der Waals surface area contributed by atoms with E-state index < -0.39 is 35.6 Å². The SMILES string of the molecule is C=CCN(C(=O)C1N([C@@H](CO)[C@@H](C)CC)C(=O)[C@@H]2[C@@H](C(=O)N(CC=C)c3ccccc3)[C@@H]3OC12CC3Br)c1ccc(Cl)cc1. The lowest BCUT2D eigenvalue weighted by Gasteiger charge is -2.41.